The number of nitrogens with one attached hydrogen (secondary N) is 1. The van der Waals surface area contributed by atoms with Gasteiger partial charge in [0.25, 0.3) is 0 Å². The Morgan fingerprint density at radius 2 is 2.15 bits per heavy atom. The van der Waals surface area contributed by atoms with Crippen molar-refractivity contribution in [2.24, 2.45) is 17.6 Å². The molecule has 110 valence electrons. The molecule has 0 aliphatic carbocycles. The average Bonchev–Trinajstić information content (AvgIpc) is 2.48. The average molecular weight is 275 g/mol. The fourth-order valence-electron chi connectivity index (χ4n) is 2.73. The Balaban J connectivity index is 1.74. The standard InChI is InChI=1S/C16H25N3O/c1-13-7-8-19(11-15(13)9-17)12-16(20)18-10-14-5-3-2-4-6-14/h2-6,13,15H,7-12,17H2,1H3,(H,18,20). The van der Waals surface area contributed by atoms with Crippen molar-refractivity contribution in [3.05, 3.63) is 35.9 Å². The summed E-state index contributed by atoms with van der Waals surface area (Å²) >= 11 is 0. The summed E-state index contributed by atoms with van der Waals surface area (Å²) < 4.78 is 0. The lowest BCUT2D eigenvalue weighted by Gasteiger charge is -2.36. The summed E-state index contributed by atoms with van der Waals surface area (Å²) in [4.78, 5) is 14.2. The van der Waals surface area contributed by atoms with E-state index in [1.54, 1.807) is 0 Å². The van der Waals surface area contributed by atoms with Gasteiger partial charge in [0.05, 0.1) is 6.54 Å². The van der Waals surface area contributed by atoms with E-state index in [0.717, 1.165) is 25.1 Å². The highest BCUT2D eigenvalue weighted by atomic mass is 16.2. The van der Waals surface area contributed by atoms with Crippen LogP contribution in [0.15, 0.2) is 30.3 Å². The van der Waals surface area contributed by atoms with Crippen LogP contribution in [0.25, 0.3) is 0 Å². The number of nitrogens with zero attached hydrogens (tertiary/aromatic N) is 1. The first-order valence-electron chi connectivity index (χ1n) is 7.42. The fraction of sp³-hybridized carbons (Fsp3) is 0.562. The molecule has 1 aromatic rings. The number of likely N-dealkylation sites (tertiary alicyclic amines) is 1. The molecule has 3 N–H and O–H groups in total. The van der Waals surface area contributed by atoms with E-state index in [1.165, 1.54) is 0 Å². The van der Waals surface area contributed by atoms with Gasteiger partial charge in [0.15, 0.2) is 0 Å². The monoisotopic (exact) mass is 275 g/mol. The van der Waals surface area contributed by atoms with Gasteiger partial charge in [0.2, 0.25) is 5.91 Å². The maximum atomic E-state index is 12.0. The van der Waals surface area contributed by atoms with Crippen LogP contribution < -0.4 is 11.1 Å². The predicted molar refractivity (Wildman–Crippen MR) is 81.1 cm³/mol. The molecule has 2 unspecified atom stereocenters. The number of carbonyl (C=O) groups excluding carboxylic acids is 1. The van der Waals surface area contributed by atoms with Crippen LogP contribution in [0.1, 0.15) is 18.9 Å². The van der Waals surface area contributed by atoms with Gasteiger partial charge in [0.1, 0.15) is 0 Å². The first-order valence-corrected chi connectivity index (χ1v) is 7.42. The van der Waals surface area contributed by atoms with Crippen LogP contribution in [0.2, 0.25) is 0 Å². The lowest BCUT2D eigenvalue weighted by molar-refractivity contribution is -0.123. The van der Waals surface area contributed by atoms with Gasteiger partial charge in [-0.2, -0.15) is 0 Å². The molecule has 4 heteroatoms. The fourth-order valence-corrected chi connectivity index (χ4v) is 2.73. The molecule has 1 fully saturated rings. The highest BCUT2D eigenvalue weighted by Crippen LogP contribution is 2.21. The molecule has 1 aliphatic heterocycles. The molecule has 0 saturated carbocycles. The molecule has 2 atom stereocenters. The lowest BCUT2D eigenvalue weighted by Crippen LogP contribution is -2.46. The summed E-state index contributed by atoms with van der Waals surface area (Å²) in [6.45, 7) is 5.99. The van der Waals surface area contributed by atoms with Crippen molar-refractivity contribution in [2.75, 3.05) is 26.2 Å². The summed E-state index contributed by atoms with van der Waals surface area (Å²) in [7, 11) is 0. The molecule has 0 aromatic heterocycles. The normalized spacial score (nSPS) is 23.5. The zero-order chi connectivity index (χ0) is 14.4. The Kier molecular flexibility index (Phi) is 5.56. The van der Waals surface area contributed by atoms with Crippen molar-refractivity contribution in [1.29, 1.82) is 0 Å². The number of hydrogen-bond acceptors (Lipinski definition) is 3. The molecule has 20 heavy (non-hydrogen) atoms. The Morgan fingerprint density at radius 1 is 1.40 bits per heavy atom. The van der Waals surface area contributed by atoms with Crippen molar-refractivity contribution in [3.63, 3.8) is 0 Å². The third-order valence-electron chi connectivity index (χ3n) is 4.20. The highest BCUT2D eigenvalue weighted by molar-refractivity contribution is 5.78. The van der Waals surface area contributed by atoms with Crippen molar-refractivity contribution >= 4 is 5.91 Å². The molecule has 1 heterocycles. The van der Waals surface area contributed by atoms with Crippen LogP contribution in [0, 0.1) is 11.8 Å². The highest BCUT2D eigenvalue weighted by Gasteiger charge is 2.25. The van der Waals surface area contributed by atoms with E-state index in [4.69, 9.17) is 5.73 Å². The molecule has 0 radical (unpaired) electrons. The van der Waals surface area contributed by atoms with Gasteiger partial charge >= 0.3 is 0 Å². The number of piperidine rings is 1. The second kappa shape index (κ2) is 7.41. The Hall–Kier alpha value is -1.39. The summed E-state index contributed by atoms with van der Waals surface area (Å²) in [6, 6.07) is 9.99. The van der Waals surface area contributed by atoms with Crippen molar-refractivity contribution < 1.29 is 4.79 Å². The minimum atomic E-state index is 0.0965. The number of amides is 1. The lowest BCUT2D eigenvalue weighted by atomic mass is 9.87. The van der Waals surface area contributed by atoms with Gasteiger partial charge in [0, 0.05) is 13.1 Å². The summed E-state index contributed by atoms with van der Waals surface area (Å²) in [5.74, 6) is 1.29. The number of rotatable bonds is 5. The summed E-state index contributed by atoms with van der Waals surface area (Å²) in [5.41, 5.74) is 6.93. The number of carbonyl (C=O) groups is 1. The molecule has 2 rings (SSSR count). The largest absolute Gasteiger partial charge is 0.351 e. The van der Waals surface area contributed by atoms with Crippen molar-refractivity contribution in [2.45, 2.75) is 19.9 Å². The molecule has 1 aromatic carbocycles. The quantitative estimate of drug-likeness (QED) is 0.849. The Morgan fingerprint density at radius 3 is 2.85 bits per heavy atom. The van der Waals surface area contributed by atoms with Crippen molar-refractivity contribution in [3.8, 4) is 0 Å². The molecule has 1 saturated heterocycles. The maximum Gasteiger partial charge on any atom is 0.234 e. The van der Waals surface area contributed by atoms with Crippen LogP contribution in [0.5, 0.6) is 0 Å². The van der Waals surface area contributed by atoms with Gasteiger partial charge in [-0.1, -0.05) is 37.3 Å². The van der Waals surface area contributed by atoms with Crippen LogP contribution in [0.4, 0.5) is 0 Å². The van der Waals surface area contributed by atoms with Crippen LogP contribution in [-0.4, -0.2) is 37.0 Å². The summed E-state index contributed by atoms with van der Waals surface area (Å²) in [5, 5.41) is 2.98. The summed E-state index contributed by atoms with van der Waals surface area (Å²) in [6.07, 6.45) is 1.13. The molecule has 0 bridgehead atoms. The predicted octanol–water partition coefficient (Wildman–Crippen LogP) is 1.22. The zero-order valence-electron chi connectivity index (χ0n) is 12.2. The van der Waals surface area contributed by atoms with E-state index < -0.39 is 0 Å². The van der Waals surface area contributed by atoms with Gasteiger partial charge < -0.3 is 11.1 Å². The third kappa shape index (κ3) is 4.32. The van der Waals surface area contributed by atoms with Gasteiger partial charge in [-0.25, -0.2) is 0 Å². The molecular formula is C16H25N3O. The van der Waals surface area contributed by atoms with E-state index in [9.17, 15) is 4.79 Å². The number of nitrogens with two attached hydrogens (primary N) is 1. The van der Waals surface area contributed by atoms with Crippen LogP contribution in [0.3, 0.4) is 0 Å². The zero-order valence-corrected chi connectivity index (χ0v) is 12.2. The first-order chi connectivity index (χ1) is 9.69. The van der Waals surface area contributed by atoms with Gasteiger partial charge in [-0.05, 0) is 36.9 Å². The topological polar surface area (TPSA) is 58.4 Å². The SMILES string of the molecule is CC1CCN(CC(=O)NCc2ccccc2)CC1CN. The van der Waals surface area contributed by atoms with Gasteiger partial charge in [-0.3, -0.25) is 9.69 Å². The Labute approximate surface area is 121 Å². The molecule has 0 spiro atoms. The number of hydrogen-bond donors (Lipinski definition) is 2. The van der Waals surface area contributed by atoms with Gasteiger partial charge in [-0.15, -0.1) is 0 Å². The van der Waals surface area contributed by atoms with E-state index in [-0.39, 0.29) is 5.91 Å². The first kappa shape index (κ1) is 15.0. The molecule has 1 aliphatic rings. The van der Waals surface area contributed by atoms with Crippen molar-refractivity contribution in [1.82, 2.24) is 10.2 Å². The van der Waals surface area contributed by atoms with E-state index in [0.29, 0.717) is 31.5 Å². The van der Waals surface area contributed by atoms with E-state index >= 15 is 0 Å². The van der Waals surface area contributed by atoms with E-state index in [2.05, 4.69) is 17.1 Å². The molecule has 4 nitrogen and oxygen atoms in total. The van der Waals surface area contributed by atoms with Crippen LogP contribution in [-0.2, 0) is 11.3 Å². The molecule has 1 amide bonds. The minimum Gasteiger partial charge on any atom is -0.351 e. The maximum absolute atomic E-state index is 12.0. The molecular weight excluding hydrogens is 250 g/mol. The second-order valence-corrected chi connectivity index (χ2v) is 5.76. The number of benzene rings is 1. The van der Waals surface area contributed by atoms with E-state index in [1.807, 2.05) is 30.3 Å². The second-order valence-electron chi connectivity index (χ2n) is 5.76. The van der Waals surface area contributed by atoms with Crippen LogP contribution >= 0.6 is 0 Å². The Bertz CT molecular complexity index is 421. The minimum absolute atomic E-state index is 0.0965. The third-order valence-corrected chi connectivity index (χ3v) is 4.20. The smallest absolute Gasteiger partial charge is 0.234 e.